The molecule has 0 saturated carbocycles. The average Bonchev–Trinajstić information content (AvgIpc) is 2.89. The summed E-state index contributed by atoms with van der Waals surface area (Å²) in [7, 11) is 0. The Morgan fingerprint density at radius 3 is 2.67 bits per heavy atom. The van der Waals surface area contributed by atoms with Crippen LogP contribution in [0.15, 0.2) is 48.7 Å². The number of halogens is 1. The molecule has 0 fully saturated rings. The Hall–Kier alpha value is -1.97. The first-order chi connectivity index (χ1) is 10.3. The molecule has 0 aliphatic heterocycles. The van der Waals surface area contributed by atoms with Crippen LogP contribution in [0, 0.1) is 0 Å². The fourth-order valence-electron chi connectivity index (χ4n) is 2.42. The lowest BCUT2D eigenvalue weighted by Crippen LogP contribution is -1.99. The van der Waals surface area contributed by atoms with E-state index in [0.29, 0.717) is 6.42 Å². The maximum absolute atomic E-state index is 8.91. The van der Waals surface area contributed by atoms with Crippen molar-refractivity contribution >= 4 is 28.2 Å². The molecule has 21 heavy (non-hydrogen) atoms. The normalized spacial score (nSPS) is 11.0. The zero-order valence-corrected chi connectivity index (χ0v) is 12.3. The van der Waals surface area contributed by atoms with Gasteiger partial charge in [0.15, 0.2) is 0 Å². The molecule has 0 aliphatic carbocycles. The number of benzene rings is 2. The highest BCUT2D eigenvalue weighted by Crippen LogP contribution is 2.23. The number of rotatable bonds is 5. The molecule has 0 unspecified atom stereocenters. The van der Waals surface area contributed by atoms with Gasteiger partial charge < -0.3 is 15.4 Å². The van der Waals surface area contributed by atoms with E-state index >= 15 is 0 Å². The summed E-state index contributed by atoms with van der Waals surface area (Å²) in [4.78, 5) is 3.24. The van der Waals surface area contributed by atoms with Gasteiger partial charge >= 0.3 is 0 Å². The van der Waals surface area contributed by atoms with E-state index in [9.17, 15) is 0 Å². The molecule has 0 aliphatic rings. The van der Waals surface area contributed by atoms with Gasteiger partial charge in [-0.15, -0.1) is 0 Å². The van der Waals surface area contributed by atoms with Crippen molar-refractivity contribution in [1.82, 2.24) is 4.98 Å². The fraction of sp³-hybridized carbons (Fsp3) is 0.176. The van der Waals surface area contributed by atoms with Crippen molar-refractivity contribution < 1.29 is 5.11 Å². The molecule has 1 aromatic heterocycles. The van der Waals surface area contributed by atoms with E-state index in [4.69, 9.17) is 16.7 Å². The summed E-state index contributed by atoms with van der Waals surface area (Å²) in [5.74, 6) is 0. The van der Waals surface area contributed by atoms with Crippen molar-refractivity contribution in [3.05, 3.63) is 64.8 Å². The van der Waals surface area contributed by atoms with Gasteiger partial charge in [0.2, 0.25) is 0 Å². The predicted octanol–water partition coefficient (Wildman–Crippen LogP) is 3.97. The first kappa shape index (κ1) is 14.0. The number of H-pyrrole nitrogens is 1. The lowest BCUT2D eigenvalue weighted by molar-refractivity contribution is 0.299. The fourth-order valence-corrected chi connectivity index (χ4v) is 2.59. The molecule has 0 atom stereocenters. The first-order valence-electron chi connectivity index (χ1n) is 6.95. The number of hydrogen-bond donors (Lipinski definition) is 3. The molecule has 3 N–H and O–H groups in total. The minimum Gasteiger partial charge on any atom is -0.396 e. The smallest absolute Gasteiger partial charge is 0.0472 e. The number of aromatic nitrogens is 1. The van der Waals surface area contributed by atoms with Crippen LogP contribution in [0.25, 0.3) is 10.9 Å². The predicted molar refractivity (Wildman–Crippen MR) is 87.9 cm³/mol. The molecule has 0 saturated heterocycles. The van der Waals surface area contributed by atoms with Crippen molar-refractivity contribution in [2.24, 2.45) is 0 Å². The third-order valence-corrected chi connectivity index (χ3v) is 3.80. The Bertz CT molecular complexity index is 734. The Morgan fingerprint density at radius 2 is 1.90 bits per heavy atom. The van der Waals surface area contributed by atoms with Crippen LogP contribution in [-0.4, -0.2) is 16.7 Å². The van der Waals surface area contributed by atoms with Gasteiger partial charge in [0.1, 0.15) is 0 Å². The van der Waals surface area contributed by atoms with Crippen molar-refractivity contribution in [3.8, 4) is 0 Å². The quantitative estimate of drug-likeness (QED) is 0.668. The largest absolute Gasteiger partial charge is 0.396 e. The van der Waals surface area contributed by atoms with Gasteiger partial charge in [-0.1, -0.05) is 29.8 Å². The van der Waals surface area contributed by atoms with Crippen LogP contribution in [-0.2, 0) is 13.0 Å². The SMILES string of the molecule is OCCc1ccc(NCc2c[nH]c3cc(Cl)ccc23)cc1. The van der Waals surface area contributed by atoms with E-state index in [2.05, 4.69) is 10.3 Å². The van der Waals surface area contributed by atoms with Crippen LogP contribution in [0.1, 0.15) is 11.1 Å². The number of aromatic amines is 1. The molecule has 1 heterocycles. The van der Waals surface area contributed by atoms with Crippen LogP contribution in [0.3, 0.4) is 0 Å². The van der Waals surface area contributed by atoms with Crippen LogP contribution < -0.4 is 5.32 Å². The number of fused-ring (bicyclic) bond motifs is 1. The second-order valence-electron chi connectivity index (χ2n) is 5.03. The molecule has 0 amide bonds. The standard InChI is InChI=1S/C17H17ClN2O/c18-14-3-6-16-13(11-20-17(16)9-14)10-19-15-4-1-12(2-5-15)7-8-21/h1-6,9,11,19-21H,7-8,10H2. The highest BCUT2D eigenvalue weighted by Gasteiger charge is 2.04. The summed E-state index contributed by atoms with van der Waals surface area (Å²) >= 11 is 5.99. The van der Waals surface area contributed by atoms with Crippen LogP contribution >= 0.6 is 11.6 Å². The van der Waals surface area contributed by atoms with Gasteiger partial charge in [0, 0.05) is 41.0 Å². The molecule has 3 aromatic rings. The van der Waals surface area contributed by atoms with Crippen molar-refractivity contribution in [3.63, 3.8) is 0 Å². The van der Waals surface area contributed by atoms with Gasteiger partial charge in [-0.25, -0.2) is 0 Å². The number of nitrogens with one attached hydrogen (secondary N) is 2. The van der Waals surface area contributed by atoms with Crippen molar-refractivity contribution in [2.45, 2.75) is 13.0 Å². The van der Waals surface area contributed by atoms with Crippen LogP contribution in [0.5, 0.6) is 0 Å². The summed E-state index contributed by atoms with van der Waals surface area (Å²) in [6, 6.07) is 14.0. The Labute approximate surface area is 128 Å². The van der Waals surface area contributed by atoms with Gasteiger partial charge in [-0.2, -0.15) is 0 Å². The topological polar surface area (TPSA) is 48.0 Å². The summed E-state index contributed by atoms with van der Waals surface area (Å²) in [6.07, 6.45) is 2.71. The van der Waals surface area contributed by atoms with Gasteiger partial charge in [0.25, 0.3) is 0 Å². The lowest BCUT2D eigenvalue weighted by Gasteiger charge is -2.07. The Morgan fingerprint density at radius 1 is 1.10 bits per heavy atom. The van der Waals surface area contributed by atoms with Gasteiger partial charge in [0.05, 0.1) is 0 Å². The van der Waals surface area contributed by atoms with E-state index < -0.39 is 0 Å². The second-order valence-corrected chi connectivity index (χ2v) is 5.46. The number of anilines is 1. The number of aliphatic hydroxyl groups is 1. The summed E-state index contributed by atoms with van der Waals surface area (Å²) < 4.78 is 0. The van der Waals surface area contributed by atoms with E-state index in [0.717, 1.165) is 28.3 Å². The van der Waals surface area contributed by atoms with E-state index in [1.54, 1.807) is 0 Å². The molecular weight excluding hydrogens is 284 g/mol. The number of hydrogen-bond acceptors (Lipinski definition) is 2. The van der Waals surface area contributed by atoms with E-state index in [1.165, 1.54) is 10.9 Å². The highest BCUT2D eigenvalue weighted by atomic mass is 35.5. The van der Waals surface area contributed by atoms with Gasteiger partial charge in [-0.3, -0.25) is 0 Å². The Kier molecular flexibility index (Phi) is 4.13. The van der Waals surface area contributed by atoms with E-state index in [1.807, 2.05) is 48.7 Å². The molecule has 3 rings (SSSR count). The zero-order chi connectivity index (χ0) is 14.7. The average molecular weight is 301 g/mol. The molecule has 0 radical (unpaired) electrons. The van der Waals surface area contributed by atoms with Crippen LogP contribution in [0.2, 0.25) is 5.02 Å². The minimum absolute atomic E-state index is 0.185. The summed E-state index contributed by atoms with van der Waals surface area (Å²) in [5, 5.41) is 14.2. The monoisotopic (exact) mass is 300 g/mol. The minimum atomic E-state index is 0.185. The molecule has 2 aromatic carbocycles. The third-order valence-electron chi connectivity index (χ3n) is 3.57. The maximum atomic E-state index is 8.91. The second kappa shape index (κ2) is 6.20. The summed E-state index contributed by atoms with van der Waals surface area (Å²) in [5.41, 5.74) is 4.48. The molecule has 3 nitrogen and oxygen atoms in total. The molecule has 4 heteroatoms. The van der Waals surface area contributed by atoms with Crippen LogP contribution in [0.4, 0.5) is 5.69 Å². The summed E-state index contributed by atoms with van der Waals surface area (Å²) in [6.45, 7) is 0.936. The molecular formula is C17H17ClN2O. The molecule has 108 valence electrons. The maximum Gasteiger partial charge on any atom is 0.0472 e. The first-order valence-corrected chi connectivity index (χ1v) is 7.33. The van der Waals surface area contributed by atoms with Crippen molar-refractivity contribution in [2.75, 3.05) is 11.9 Å². The highest BCUT2D eigenvalue weighted by molar-refractivity contribution is 6.31. The molecule has 0 bridgehead atoms. The Balaban J connectivity index is 1.71. The van der Waals surface area contributed by atoms with Gasteiger partial charge in [-0.05, 0) is 41.8 Å². The third kappa shape index (κ3) is 3.20. The zero-order valence-electron chi connectivity index (χ0n) is 11.6. The molecule has 0 spiro atoms. The lowest BCUT2D eigenvalue weighted by atomic mass is 10.1. The van der Waals surface area contributed by atoms with E-state index in [-0.39, 0.29) is 6.61 Å². The van der Waals surface area contributed by atoms with Crippen molar-refractivity contribution in [1.29, 1.82) is 0 Å². The number of aliphatic hydroxyl groups excluding tert-OH is 1.